The van der Waals surface area contributed by atoms with Gasteiger partial charge >= 0.3 is 0 Å². The second-order valence-corrected chi connectivity index (χ2v) is 11.5. The standard InChI is InChI=1S/C29H48N4O4/c1-21-17-33(22(2)20-34)29(36)25-16-24(30-28(35)12-9-15-31(3)4)13-14-26(25)37-27(21)19-32(5)18-23-10-7-6-8-11-23/h13-14,16,21-23,27,34H,6-12,15,17-20H2,1-5H3,(H,30,35)/t21-,22-,27-/m0/s1. The van der Waals surface area contributed by atoms with Crippen LogP contribution in [0.2, 0.25) is 0 Å². The number of ether oxygens (including phenoxy) is 1. The number of hydrogen-bond acceptors (Lipinski definition) is 6. The Morgan fingerprint density at radius 1 is 1.19 bits per heavy atom. The summed E-state index contributed by atoms with van der Waals surface area (Å²) in [6, 6.07) is 5.02. The van der Waals surface area contributed by atoms with Gasteiger partial charge in [-0.05, 0) is 78.0 Å². The first-order valence-electron chi connectivity index (χ1n) is 14.0. The predicted octanol–water partition coefficient (Wildman–Crippen LogP) is 3.70. The summed E-state index contributed by atoms with van der Waals surface area (Å²) in [5.41, 5.74) is 1.01. The maximum atomic E-state index is 13.6. The fraction of sp³-hybridized carbons (Fsp3) is 0.724. The molecule has 8 heteroatoms. The van der Waals surface area contributed by atoms with Crippen LogP contribution in [0, 0.1) is 11.8 Å². The van der Waals surface area contributed by atoms with Gasteiger partial charge < -0.3 is 29.9 Å². The lowest BCUT2D eigenvalue weighted by atomic mass is 9.89. The minimum atomic E-state index is -0.314. The van der Waals surface area contributed by atoms with Crippen molar-refractivity contribution < 1.29 is 19.4 Å². The molecule has 0 radical (unpaired) electrons. The number of aliphatic hydroxyl groups is 1. The van der Waals surface area contributed by atoms with E-state index in [9.17, 15) is 14.7 Å². The molecule has 0 aromatic heterocycles. The third-order valence-corrected chi connectivity index (χ3v) is 7.74. The van der Waals surface area contributed by atoms with Crippen LogP contribution in [-0.2, 0) is 4.79 Å². The zero-order chi connectivity index (χ0) is 26.9. The van der Waals surface area contributed by atoms with Gasteiger partial charge in [-0.25, -0.2) is 0 Å². The summed E-state index contributed by atoms with van der Waals surface area (Å²) in [6.45, 7) is 7.06. The molecule has 0 unspecified atom stereocenters. The van der Waals surface area contributed by atoms with Gasteiger partial charge in [0, 0.05) is 37.7 Å². The molecule has 208 valence electrons. The van der Waals surface area contributed by atoms with E-state index in [-0.39, 0.29) is 36.5 Å². The molecule has 3 atom stereocenters. The average molecular weight is 517 g/mol. The molecule has 2 amide bonds. The Bertz CT molecular complexity index is 887. The Labute approximate surface area is 223 Å². The number of fused-ring (bicyclic) bond motifs is 1. The number of aliphatic hydroxyl groups excluding tert-OH is 1. The van der Waals surface area contributed by atoms with Gasteiger partial charge in [-0.1, -0.05) is 26.2 Å². The Morgan fingerprint density at radius 2 is 1.92 bits per heavy atom. The number of benzene rings is 1. The van der Waals surface area contributed by atoms with Gasteiger partial charge in [0.05, 0.1) is 18.2 Å². The van der Waals surface area contributed by atoms with Crippen molar-refractivity contribution in [2.24, 2.45) is 11.8 Å². The molecule has 0 spiro atoms. The normalized spacial score (nSPS) is 21.8. The fourth-order valence-electron chi connectivity index (χ4n) is 5.49. The summed E-state index contributed by atoms with van der Waals surface area (Å²) in [6.07, 6.45) is 7.69. The van der Waals surface area contributed by atoms with E-state index in [1.807, 2.05) is 27.1 Å². The minimum absolute atomic E-state index is 0.0718. The Morgan fingerprint density at radius 3 is 2.59 bits per heavy atom. The molecular weight excluding hydrogens is 468 g/mol. The highest BCUT2D eigenvalue weighted by molar-refractivity contribution is 5.99. The molecule has 1 aromatic rings. The number of nitrogens with one attached hydrogen (secondary N) is 1. The molecule has 1 heterocycles. The van der Waals surface area contributed by atoms with Gasteiger partial charge in [0.1, 0.15) is 11.9 Å². The molecule has 2 N–H and O–H groups in total. The lowest BCUT2D eigenvalue weighted by Crippen LogP contribution is -2.50. The molecule has 8 nitrogen and oxygen atoms in total. The maximum Gasteiger partial charge on any atom is 0.258 e. The SMILES string of the molecule is C[C@H]1CN([C@@H](C)CO)C(=O)c2cc(NC(=O)CCCN(C)C)ccc2O[C@H]1CN(C)CC1CCCCC1. The molecule has 0 saturated heterocycles. The summed E-state index contributed by atoms with van der Waals surface area (Å²) in [7, 11) is 6.14. The van der Waals surface area contributed by atoms with E-state index < -0.39 is 0 Å². The molecule has 1 aliphatic heterocycles. The zero-order valence-corrected chi connectivity index (χ0v) is 23.5. The van der Waals surface area contributed by atoms with Gasteiger partial charge in [0.2, 0.25) is 5.91 Å². The summed E-state index contributed by atoms with van der Waals surface area (Å²) >= 11 is 0. The van der Waals surface area contributed by atoms with Crippen LogP contribution < -0.4 is 10.1 Å². The second-order valence-electron chi connectivity index (χ2n) is 11.5. The summed E-state index contributed by atoms with van der Waals surface area (Å²) in [4.78, 5) is 32.3. The number of carbonyl (C=O) groups is 2. The molecular formula is C29H48N4O4. The number of rotatable bonds is 11. The maximum absolute atomic E-state index is 13.6. The van der Waals surface area contributed by atoms with Crippen molar-refractivity contribution in [3.8, 4) is 5.75 Å². The summed E-state index contributed by atoms with van der Waals surface area (Å²) in [5, 5.41) is 12.8. The van der Waals surface area contributed by atoms with Crippen molar-refractivity contribution in [3.63, 3.8) is 0 Å². The first kappa shape index (κ1) is 29.4. The van der Waals surface area contributed by atoms with E-state index in [4.69, 9.17) is 4.74 Å². The van der Waals surface area contributed by atoms with Crippen molar-refractivity contribution in [2.45, 2.75) is 70.9 Å². The highest BCUT2D eigenvalue weighted by atomic mass is 16.5. The lowest BCUT2D eigenvalue weighted by Gasteiger charge is -2.38. The largest absolute Gasteiger partial charge is 0.488 e. The molecule has 3 rings (SSSR count). The lowest BCUT2D eigenvalue weighted by molar-refractivity contribution is -0.116. The van der Waals surface area contributed by atoms with Crippen molar-refractivity contribution in [1.29, 1.82) is 0 Å². The molecule has 1 fully saturated rings. The summed E-state index contributed by atoms with van der Waals surface area (Å²) < 4.78 is 6.52. The Hall–Kier alpha value is -2.16. The highest BCUT2D eigenvalue weighted by Crippen LogP contribution is 2.31. The highest BCUT2D eigenvalue weighted by Gasteiger charge is 2.34. The molecule has 1 aliphatic carbocycles. The van der Waals surface area contributed by atoms with E-state index >= 15 is 0 Å². The van der Waals surface area contributed by atoms with Crippen molar-refractivity contribution in [3.05, 3.63) is 23.8 Å². The van der Waals surface area contributed by atoms with Crippen LogP contribution in [0.15, 0.2) is 18.2 Å². The molecule has 1 aromatic carbocycles. The number of carbonyl (C=O) groups excluding carboxylic acids is 2. The van der Waals surface area contributed by atoms with Crippen LogP contribution in [0.3, 0.4) is 0 Å². The molecule has 2 aliphatic rings. The predicted molar refractivity (Wildman–Crippen MR) is 148 cm³/mol. The number of likely N-dealkylation sites (N-methyl/N-ethyl adjacent to an activating group) is 1. The van der Waals surface area contributed by atoms with E-state index in [1.165, 1.54) is 32.1 Å². The average Bonchev–Trinajstić information content (AvgIpc) is 2.86. The molecule has 1 saturated carbocycles. The van der Waals surface area contributed by atoms with Gasteiger partial charge in [-0.2, -0.15) is 0 Å². The third kappa shape index (κ3) is 8.69. The number of hydrogen-bond donors (Lipinski definition) is 2. The first-order chi connectivity index (χ1) is 17.7. The van der Waals surface area contributed by atoms with Crippen molar-refractivity contribution >= 4 is 17.5 Å². The number of nitrogens with zero attached hydrogens (tertiary/aromatic N) is 3. The third-order valence-electron chi connectivity index (χ3n) is 7.74. The smallest absolute Gasteiger partial charge is 0.258 e. The van der Waals surface area contributed by atoms with Crippen LogP contribution in [0.5, 0.6) is 5.75 Å². The zero-order valence-electron chi connectivity index (χ0n) is 23.5. The monoisotopic (exact) mass is 516 g/mol. The minimum Gasteiger partial charge on any atom is -0.488 e. The van der Waals surface area contributed by atoms with Gasteiger partial charge in [-0.15, -0.1) is 0 Å². The van der Waals surface area contributed by atoms with Crippen LogP contribution in [0.25, 0.3) is 0 Å². The van der Waals surface area contributed by atoms with E-state index in [0.29, 0.717) is 30.0 Å². The van der Waals surface area contributed by atoms with E-state index in [1.54, 1.807) is 17.0 Å². The van der Waals surface area contributed by atoms with Gasteiger partial charge in [0.25, 0.3) is 5.91 Å². The van der Waals surface area contributed by atoms with Crippen LogP contribution in [-0.4, -0.2) is 97.7 Å². The Kier molecular flexibility index (Phi) is 11.2. The first-order valence-corrected chi connectivity index (χ1v) is 14.0. The van der Waals surface area contributed by atoms with Crippen LogP contribution >= 0.6 is 0 Å². The van der Waals surface area contributed by atoms with Crippen molar-refractivity contribution in [1.82, 2.24) is 14.7 Å². The van der Waals surface area contributed by atoms with E-state index in [0.717, 1.165) is 32.0 Å². The van der Waals surface area contributed by atoms with Gasteiger partial charge in [0.15, 0.2) is 0 Å². The fourth-order valence-corrected chi connectivity index (χ4v) is 5.49. The van der Waals surface area contributed by atoms with Crippen LogP contribution in [0.4, 0.5) is 5.69 Å². The molecule has 37 heavy (non-hydrogen) atoms. The Balaban J connectivity index is 1.78. The van der Waals surface area contributed by atoms with Gasteiger partial charge in [-0.3, -0.25) is 9.59 Å². The van der Waals surface area contributed by atoms with Crippen molar-refractivity contribution in [2.75, 3.05) is 59.2 Å². The number of anilines is 1. The molecule has 0 bridgehead atoms. The summed E-state index contributed by atoms with van der Waals surface area (Å²) in [5.74, 6) is 1.12. The topological polar surface area (TPSA) is 85.3 Å². The quantitative estimate of drug-likeness (QED) is 0.467. The second kappa shape index (κ2) is 14.1. The number of amides is 2. The van der Waals surface area contributed by atoms with Crippen LogP contribution in [0.1, 0.15) is 69.2 Å². The van der Waals surface area contributed by atoms with E-state index in [2.05, 4.69) is 29.1 Å².